The van der Waals surface area contributed by atoms with Gasteiger partial charge < -0.3 is 29.7 Å². The van der Waals surface area contributed by atoms with Crippen molar-refractivity contribution >= 4 is 60.1 Å². The molecule has 0 saturated heterocycles. The molecule has 0 saturated carbocycles. The molecule has 3 N–H and O–H groups in total. The number of phenolic OH excluding ortho intramolecular Hbond substituents is 2. The Morgan fingerprint density at radius 1 is 0.833 bits per heavy atom. The van der Waals surface area contributed by atoms with E-state index in [-0.39, 0.29) is 46.0 Å². The summed E-state index contributed by atoms with van der Waals surface area (Å²) in [4.78, 5) is 40.7. The van der Waals surface area contributed by atoms with Crippen molar-refractivity contribution < 1.29 is 29.2 Å². The van der Waals surface area contributed by atoms with Crippen molar-refractivity contribution in [3.63, 3.8) is 0 Å². The number of hydrogen-bond donors (Lipinski definition) is 3. The van der Waals surface area contributed by atoms with Crippen molar-refractivity contribution in [2.75, 3.05) is 33.2 Å². The number of carbonyl (C=O) groups excluding carboxylic acids is 1. The van der Waals surface area contributed by atoms with Gasteiger partial charge in [0.25, 0.3) is 0 Å². The largest absolute Gasteiger partial charge is 0.505 e. The Kier molecular flexibility index (Phi) is 6.29. The number of phenols is 2. The number of rotatable bonds is 8. The molecule has 6 rings (SSSR count). The van der Waals surface area contributed by atoms with Crippen LogP contribution in [0, 0.1) is 0 Å². The van der Waals surface area contributed by atoms with E-state index in [2.05, 4.69) is 12.2 Å². The van der Waals surface area contributed by atoms with Gasteiger partial charge in [0.05, 0.1) is 37.8 Å². The molecule has 9 heteroatoms. The maximum absolute atomic E-state index is 13.7. The van der Waals surface area contributed by atoms with Gasteiger partial charge in [-0.25, -0.2) is 0 Å². The van der Waals surface area contributed by atoms with Crippen molar-refractivity contribution in [1.29, 1.82) is 0 Å². The molecule has 1 aliphatic rings. The Labute approximate surface area is 240 Å². The van der Waals surface area contributed by atoms with Crippen molar-refractivity contribution in [2.45, 2.75) is 40.0 Å². The lowest BCUT2D eigenvalue weighted by Crippen LogP contribution is -2.11. The number of anilines is 1. The van der Waals surface area contributed by atoms with Gasteiger partial charge >= 0.3 is 0 Å². The predicted molar refractivity (Wildman–Crippen MR) is 165 cm³/mol. The number of hydrogen-bond acceptors (Lipinski definition) is 9. The minimum Gasteiger partial charge on any atom is -0.505 e. The van der Waals surface area contributed by atoms with Crippen LogP contribution in [0.2, 0.25) is 0 Å². The highest BCUT2D eigenvalue weighted by Crippen LogP contribution is 2.57. The van der Waals surface area contributed by atoms with E-state index in [1.165, 1.54) is 40.4 Å². The molecule has 0 bridgehead atoms. The molecule has 0 aliphatic heterocycles. The summed E-state index contributed by atoms with van der Waals surface area (Å²) in [6.07, 6.45) is 1.97. The molecule has 0 heterocycles. The van der Waals surface area contributed by atoms with Crippen molar-refractivity contribution in [1.82, 2.24) is 0 Å². The lowest BCUT2D eigenvalue weighted by molar-refractivity contribution is -0.111. The van der Waals surface area contributed by atoms with Crippen LogP contribution in [-0.2, 0) is 11.2 Å². The first-order valence-corrected chi connectivity index (χ1v) is 13.8. The standard InChI is InChI=1S/C33H31NO8/c1-7-8-9-34-30-15-10-13(2)20(14(3)35)29-27-21(15)26-22(31(30)38)16(36)11-18(40-4)24(26)25-19(41-5)12-17(37)23(28(25)27)32(39)33(29)42-6/h11-12,34,38-39H,7-10H2,1-6H3. The van der Waals surface area contributed by atoms with Crippen LogP contribution < -0.4 is 30.4 Å². The maximum atomic E-state index is 13.7. The summed E-state index contributed by atoms with van der Waals surface area (Å²) in [7, 11) is 4.24. The molecule has 0 amide bonds. The number of allylic oxidation sites excluding steroid dienone is 2. The summed E-state index contributed by atoms with van der Waals surface area (Å²) in [5.41, 5.74) is 1.44. The van der Waals surface area contributed by atoms with E-state index < -0.39 is 16.6 Å². The predicted octanol–water partition coefficient (Wildman–Crippen LogP) is 5.46. The van der Waals surface area contributed by atoms with Crippen molar-refractivity contribution in [3.05, 3.63) is 49.3 Å². The fraction of sp³-hybridized carbons (Fsp3) is 0.303. The van der Waals surface area contributed by atoms with Crippen LogP contribution in [0.25, 0.3) is 48.7 Å². The molecule has 42 heavy (non-hydrogen) atoms. The summed E-state index contributed by atoms with van der Waals surface area (Å²) < 4.78 is 17.2. The van der Waals surface area contributed by atoms with Gasteiger partial charge in [0.15, 0.2) is 33.9 Å². The molecule has 0 radical (unpaired) electrons. The number of ether oxygens (including phenoxy) is 3. The van der Waals surface area contributed by atoms with Crippen LogP contribution in [0.5, 0.6) is 28.7 Å². The van der Waals surface area contributed by atoms with Gasteiger partial charge in [0.2, 0.25) is 0 Å². The molecule has 0 fully saturated rings. The highest BCUT2D eigenvalue weighted by molar-refractivity contribution is 6.42. The Morgan fingerprint density at radius 2 is 1.40 bits per heavy atom. The Balaban J connectivity index is 2.11. The third kappa shape index (κ3) is 3.39. The molecule has 0 atom stereocenters. The van der Waals surface area contributed by atoms with Gasteiger partial charge in [-0.2, -0.15) is 0 Å². The lowest BCUT2D eigenvalue weighted by atomic mass is 9.82. The molecule has 5 aromatic carbocycles. The number of Topliss-reactive ketones (excluding diaryl/α,β-unsaturated/α-hetero) is 1. The second-order valence-electron chi connectivity index (χ2n) is 10.8. The number of fused-ring (bicyclic) bond motifs is 1. The second kappa shape index (κ2) is 9.65. The van der Waals surface area contributed by atoms with E-state index in [9.17, 15) is 24.6 Å². The zero-order valence-corrected chi connectivity index (χ0v) is 24.3. The normalized spacial score (nSPS) is 13.1. The monoisotopic (exact) mass is 569 g/mol. The highest BCUT2D eigenvalue weighted by atomic mass is 16.5. The topological polar surface area (TPSA) is 131 Å². The minimum atomic E-state index is -0.501. The number of ketones is 1. The molecular formula is C33H31NO8. The van der Waals surface area contributed by atoms with Gasteiger partial charge in [-0.1, -0.05) is 18.9 Å². The zero-order chi connectivity index (χ0) is 30.2. The molecular weight excluding hydrogens is 538 g/mol. The second-order valence-corrected chi connectivity index (χ2v) is 10.8. The first kappa shape index (κ1) is 27.4. The summed E-state index contributed by atoms with van der Waals surface area (Å²) in [5, 5.41) is 29.5. The zero-order valence-electron chi connectivity index (χ0n) is 24.3. The number of methoxy groups -OCH3 is 3. The van der Waals surface area contributed by atoms with E-state index >= 15 is 0 Å². The van der Waals surface area contributed by atoms with Gasteiger partial charge in [-0.3, -0.25) is 14.4 Å². The third-order valence-corrected chi connectivity index (χ3v) is 8.46. The first-order chi connectivity index (χ1) is 20.1. The quantitative estimate of drug-likeness (QED) is 0.0964. The number of unbranched alkanes of at least 4 members (excludes halogenated alkanes) is 1. The van der Waals surface area contributed by atoms with E-state index in [1.807, 2.05) is 6.92 Å². The molecule has 0 spiro atoms. The summed E-state index contributed by atoms with van der Waals surface area (Å²) in [5.74, 6) is -0.444. The maximum Gasteiger partial charge on any atom is 0.194 e. The van der Waals surface area contributed by atoms with Crippen LogP contribution >= 0.6 is 0 Å². The molecule has 1 aliphatic carbocycles. The number of aromatic hydroxyl groups is 2. The van der Waals surface area contributed by atoms with Gasteiger partial charge in [0, 0.05) is 56.7 Å². The SMILES string of the molecule is CCCCNc1c(O)c2c(=O)cc(OC)c3c4c(OC)cc(=O)c5c(O)c(OC)c6c(c(c1CC(C)=C6C(C)=O)c23)c54. The van der Waals surface area contributed by atoms with Crippen LogP contribution in [0.1, 0.15) is 44.7 Å². The molecule has 0 aromatic heterocycles. The average molecular weight is 570 g/mol. The van der Waals surface area contributed by atoms with E-state index in [0.29, 0.717) is 66.8 Å². The molecule has 9 nitrogen and oxygen atoms in total. The number of nitrogens with one attached hydrogen (secondary N) is 1. The average Bonchev–Trinajstić information content (AvgIpc) is 3.08. The fourth-order valence-electron chi connectivity index (χ4n) is 6.84. The van der Waals surface area contributed by atoms with E-state index in [0.717, 1.165) is 12.8 Å². The van der Waals surface area contributed by atoms with E-state index in [1.54, 1.807) is 0 Å². The van der Waals surface area contributed by atoms with Crippen LogP contribution in [0.4, 0.5) is 5.69 Å². The summed E-state index contributed by atoms with van der Waals surface area (Å²) in [6.45, 7) is 5.86. The molecule has 216 valence electrons. The fourth-order valence-corrected chi connectivity index (χ4v) is 6.84. The van der Waals surface area contributed by atoms with Gasteiger partial charge in [-0.05, 0) is 37.6 Å². The summed E-state index contributed by atoms with van der Waals surface area (Å²) >= 11 is 0. The number of benzene rings is 5. The van der Waals surface area contributed by atoms with E-state index in [4.69, 9.17) is 14.2 Å². The molecule has 5 aromatic rings. The smallest absolute Gasteiger partial charge is 0.194 e. The van der Waals surface area contributed by atoms with Gasteiger partial charge in [0.1, 0.15) is 11.5 Å². The van der Waals surface area contributed by atoms with Crippen LogP contribution in [-0.4, -0.2) is 43.9 Å². The number of carbonyl (C=O) groups is 1. The Hall–Kier alpha value is -4.79. The minimum absolute atomic E-state index is 0.00424. The Morgan fingerprint density at radius 3 is 1.93 bits per heavy atom. The van der Waals surface area contributed by atoms with Gasteiger partial charge in [-0.15, -0.1) is 0 Å². The van der Waals surface area contributed by atoms with Crippen LogP contribution in [0.3, 0.4) is 0 Å². The third-order valence-electron chi connectivity index (χ3n) is 8.46. The Bertz CT molecular complexity index is 2130. The lowest BCUT2D eigenvalue weighted by Gasteiger charge is -2.24. The summed E-state index contributed by atoms with van der Waals surface area (Å²) in [6, 6.07) is 2.59. The highest BCUT2D eigenvalue weighted by Gasteiger charge is 2.35. The van der Waals surface area contributed by atoms with Crippen LogP contribution in [0.15, 0.2) is 27.3 Å². The van der Waals surface area contributed by atoms with Crippen molar-refractivity contribution in [3.8, 4) is 28.7 Å². The first-order valence-electron chi connectivity index (χ1n) is 13.8. The van der Waals surface area contributed by atoms with Crippen molar-refractivity contribution in [2.24, 2.45) is 0 Å². The molecule has 0 unspecified atom stereocenters.